The molecule has 1 aliphatic heterocycles. The van der Waals surface area contributed by atoms with E-state index in [1.807, 2.05) is 12.2 Å². The fourth-order valence-electron chi connectivity index (χ4n) is 0.971. The summed E-state index contributed by atoms with van der Waals surface area (Å²) in [5.41, 5.74) is 0.925. The molecular weight excluding hydrogens is 126 g/mol. The summed E-state index contributed by atoms with van der Waals surface area (Å²) in [6.45, 7) is 0. The van der Waals surface area contributed by atoms with Gasteiger partial charge in [0.1, 0.15) is 17.7 Å². The number of rotatable bonds is 0. The Morgan fingerprint density at radius 3 is 3.40 bits per heavy atom. The van der Waals surface area contributed by atoms with Gasteiger partial charge in [0, 0.05) is 0 Å². The molecule has 0 saturated heterocycles. The van der Waals surface area contributed by atoms with Crippen molar-refractivity contribution in [3.63, 3.8) is 0 Å². The van der Waals surface area contributed by atoms with Gasteiger partial charge in [-0.1, -0.05) is 6.08 Å². The Kier molecular flexibility index (Phi) is 1.17. The van der Waals surface area contributed by atoms with Gasteiger partial charge in [0.2, 0.25) is 0 Å². The maximum atomic E-state index is 5.18. The summed E-state index contributed by atoms with van der Waals surface area (Å²) < 4.78 is 5.18. The molecule has 50 valence electrons. The summed E-state index contributed by atoms with van der Waals surface area (Å²) in [6, 6.07) is 0. The van der Waals surface area contributed by atoms with Crippen molar-refractivity contribution < 1.29 is 4.74 Å². The molecule has 0 unspecified atom stereocenters. The van der Waals surface area contributed by atoms with Crippen LogP contribution in [0, 0.1) is 0 Å². The summed E-state index contributed by atoms with van der Waals surface area (Å²) in [4.78, 5) is 4.11. The third-order valence-electron chi connectivity index (χ3n) is 1.44. The monoisotopic (exact) mass is 133 g/mol. The summed E-state index contributed by atoms with van der Waals surface area (Å²) in [5, 5.41) is 0. The van der Waals surface area contributed by atoms with E-state index in [1.165, 1.54) is 0 Å². The molecule has 0 N–H and O–H groups in total. The average molecular weight is 133 g/mol. The predicted molar refractivity (Wildman–Crippen MR) is 39.5 cm³/mol. The highest BCUT2D eigenvalue weighted by Crippen LogP contribution is 2.13. The largest absolute Gasteiger partial charge is 0.461 e. The van der Waals surface area contributed by atoms with Crippen molar-refractivity contribution in [2.75, 3.05) is 0 Å². The first-order valence-electron chi connectivity index (χ1n) is 3.23. The summed E-state index contributed by atoms with van der Waals surface area (Å²) in [5.74, 6) is 0.880. The molecule has 0 aromatic carbocycles. The van der Waals surface area contributed by atoms with Crippen molar-refractivity contribution in [1.82, 2.24) is 0 Å². The quantitative estimate of drug-likeness (QED) is 0.493. The van der Waals surface area contributed by atoms with Gasteiger partial charge < -0.3 is 4.74 Å². The van der Waals surface area contributed by atoms with Crippen molar-refractivity contribution in [1.29, 1.82) is 0 Å². The van der Waals surface area contributed by atoms with Crippen LogP contribution in [0.25, 0.3) is 0 Å². The van der Waals surface area contributed by atoms with Crippen LogP contribution in [0.3, 0.4) is 0 Å². The van der Waals surface area contributed by atoms with Crippen molar-refractivity contribution in [3.8, 4) is 0 Å². The predicted octanol–water partition coefficient (Wildman–Crippen LogP) is 1.77. The van der Waals surface area contributed by atoms with E-state index < -0.39 is 0 Å². The minimum absolute atomic E-state index is 0.880. The van der Waals surface area contributed by atoms with Crippen molar-refractivity contribution >= 4 is 5.71 Å². The number of aliphatic imine (C=N–C) groups is 1. The zero-order chi connectivity index (χ0) is 6.81. The summed E-state index contributed by atoms with van der Waals surface area (Å²) in [6.07, 6.45) is 10.2. The third kappa shape index (κ3) is 0.778. The SMILES string of the molecule is C1=CC2=NC=COC2=CC1. The summed E-state index contributed by atoms with van der Waals surface area (Å²) >= 11 is 0. The van der Waals surface area contributed by atoms with Crippen molar-refractivity contribution in [3.05, 3.63) is 36.4 Å². The lowest BCUT2D eigenvalue weighted by Crippen LogP contribution is -2.06. The Morgan fingerprint density at radius 1 is 1.50 bits per heavy atom. The number of fused-ring (bicyclic) bond motifs is 1. The fraction of sp³-hybridized carbons (Fsp3) is 0.125. The van der Waals surface area contributed by atoms with E-state index >= 15 is 0 Å². The second-order valence-electron chi connectivity index (χ2n) is 2.12. The first-order valence-corrected chi connectivity index (χ1v) is 3.23. The maximum Gasteiger partial charge on any atom is 0.148 e. The number of hydrogen-bond donors (Lipinski definition) is 0. The second kappa shape index (κ2) is 2.14. The molecule has 2 aliphatic rings. The van der Waals surface area contributed by atoms with Gasteiger partial charge in [-0.3, -0.25) is 0 Å². The number of allylic oxidation sites excluding steroid dienone is 3. The molecule has 0 saturated carbocycles. The zero-order valence-electron chi connectivity index (χ0n) is 5.45. The van der Waals surface area contributed by atoms with Gasteiger partial charge in [0.15, 0.2) is 0 Å². The maximum absolute atomic E-state index is 5.18. The fourth-order valence-corrected chi connectivity index (χ4v) is 0.971. The smallest absolute Gasteiger partial charge is 0.148 e. The lowest BCUT2D eigenvalue weighted by molar-refractivity contribution is 0.370. The molecule has 0 radical (unpaired) electrons. The molecule has 0 amide bonds. The summed E-state index contributed by atoms with van der Waals surface area (Å²) in [7, 11) is 0. The van der Waals surface area contributed by atoms with Gasteiger partial charge in [-0.15, -0.1) is 0 Å². The van der Waals surface area contributed by atoms with Crippen molar-refractivity contribution in [2.24, 2.45) is 4.99 Å². The lowest BCUT2D eigenvalue weighted by Gasteiger charge is -2.11. The van der Waals surface area contributed by atoms with Crippen LogP contribution >= 0.6 is 0 Å². The lowest BCUT2D eigenvalue weighted by atomic mass is 10.1. The molecule has 0 atom stereocenters. The van der Waals surface area contributed by atoms with Crippen LogP contribution in [0.15, 0.2) is 41.4 Å². The van der Waals surface area contributed by atoms with Gasteiger partial charge in [-0.05, 0) is 18.6 Å². The van der Waals surface area contributed by atoms with Crippen LogP contribution in [-0.4, -0.2) is 5.71 Å². The molecule has 2 heteroatoms. The Labute approximate surface area is 59.2 Å². The highest BCUT2D eigenvalue weighted by Gasteiger charge is 2.08. The Balaban J connectivity index is 2.39. The Hall–Kier alpha value is -1.31. The van der Waals surface area contributed by atoms with E-state index in [0.717, 1.165) is 17.9 Å². The highest BCUT2D eigenvalue weighted by atomic mass is 16.5. The van der Waals surface area contributed by atoms with Gasteiger partial charge in [-0.2, -0.15) is 0 Å². The molecule has 0 bridgehead atoms. The number of nitrogens with zero attached hydrogens (tertiary/aromatic N) is 1. The molecule has 2 rings (SSSR count). The van der Waals surface area contributed by atoms with Crippen LogP contribution in [-0.2, 0) is 4.74 Å². The molecular formula is C8H7NO. The molecule has 0 fully saturated rings. The minimum atomic E-state index is 0.880. The number of ether oxygens (including phenoxy) is 1. The van der Waals surface area contributed by atoms with E-state index in [0.29, 0.717) is 0 Å². The Bertz CT molecular complexity index is 258. The zero-order valence-corrected chi connectivity index (χ0v) is 5.45. The molecule has 0 aromatic rings. The van der Waals surface area contributed by atoms with Gasteiger partial charge in [-0.25, -0.2) is 4.99 Å². The van der Waals surface area contributed by atoms with E-state index in [4.69, 9.17) is 4.74 Å². The van der Waals surface area contributed by atoms with Crippen molar-refractivity contribution in [2.45, 2.75) is 6.42 Å². The van der Waals surface area contributed by atoms with Crippen LogP contribution < -0.4 is 0 Å². The minimum Gasteiger partial charge on any atom is -0.461 e. The van der Waals surface area contributed by atoms with E-state index in [-0.39, 0.29) is 0 Å². The molecule has 1 heterocycles. The first-order chi connectivity index (χ1) is 4.97. The van der Waals surface area contributed by atoms with Crippen LogP contribution in [0.5, 0.6) is 0 Å². The number of hydrogen-bond acceptors (Lipinski definition) is 2. The highest BCUT2D eigenvalue weighted by molar-refractivity contribution is 6.08. The second-order valence-corrected chi connectivity index (χ2v) is 2.12. The van der Waals surface area contributed by atoms with E-state index in [1.54, 1.807) is 12.5 Å². The first kappa shape index (κ1) is 5.47. The van der Waals surface area contributed by atoms with Crippen LogP contribution in [0.1, 0.15) is 6.42 Å². The van der Waals surface area contributed by atoms with Gasteiger partial charge >= 0.3 is 0 Å². The molecule has 1 aliphatic carbocycles. The van der Waals surface area contributed by atoms with E-state index in [2.05, 4.69) is 11.1 Å². The van der Waals surface area contributed by atoms with Gasteiger partial charge in [0.05, 0.1) is 6.20 Å². The van der Waals surface area contributed by atoms with Crippen LogP contribution in [0.2, 0.25) is 0 Å². The van der Waals surface area contributed by atoms with Crippen LogP contribution in [0.4, 0.5) is 0 Å². The normalized spacial score (nSPS) is 20.8. The average Bonchev–Trinajstić information content (AvgIpc) is 2.05. The molecule has 0 aromatic heterocycles. The third-order valence-corrected chi connectivity index (χ3v) is 1.44. The van der Waals surface area contributed by atoms with Gasteiger partial charge in [0.25, 0.3) is 0 Å². The topological polar surface area (TPSA) is 21.6 Å². The molecule has 2 nitrogen and oxygen atoms in total. The Morgan fingerprint density at radius 2 is 2.50 bits per heavy atom. The molecule has 0 spiro atoms. The van der Waals surface area contributed by atoms with E-state index in [9.17, 15) is 0 Å². The standard InChI is InChI=1S/C8H7NO/c1-2-4-8-7(3-1)9-5-6-10-8/h1,3-6H,2H2. The molecule has 10 heavy (non-hydrogen) atoms.